The van der Waals surface area contributed by atoms with E-state index in [0.717, 1.165) is 44.5 Å². The van der Waals surface area contributed by atoms with Crippen LogP contribution in [0.3, 0.4) is 0 Å². The van der Waals surface area contributed by atoms with E-state index in [1.54, 1.807) is 20.3 Å². The fourth-order valence-electron chi connectivity index (χ4n) is 3.33. The largest absolute Gasteiger partial charge is 0.502 e. The van der Waals surface area contributed by atoms with E-state index in [2.05, 4.69) is 21.6 Å². The molecule has 33 heavy (non-hydrogen) atoms. The van der Waals surface area contributed by atoms with Crippen molar-refractivity contribution >= 4 is 28.9 Å². The van der Waals surface area contributed by atoms with E-state index in [1.165, 1.54) is 11.8 Å². The lowest BCUT2D eigenvalue weighted by atomic mass is 10.1. The number of thioether (sulfide) groups is 1. The molecule has 0 fully saturated rings. The molecule has 1 aromatic carbocycles. The number of aliphatic hydroxyl groups is 1. The fraction of sp³-hybridized carbons (Fsp3) is 0.222. The number of allylic oxidation sites excluding steroid dienone is 10. The molecule has 1 aliphatic carbocycles. The number of benzene rings is 1. The molecular formula is C27H31N2O3S+. The van der Waals surface area contributed by atoms with Gasteiger partial charge < -0.3 is 19.5 Å². The Balaban J connectivity index is 1.93. The Labute approximate surface area is 200 Å². The molecule has 5 nitrogen and oxygen atoms in total. The molecule has 3 rings (SSSR count). The van der Waals surface area contributed by atoms with Gasteiger partial charge >= 0.3 is 0 Å². The van der Waals surface area contributed by atoms with Gasteiger partial charge in [0.15, 0.2) is 10.8 Å². The molecule has 0 bridgehead atoms. The Morgan fingerprint density at radius 2 is 1.64 bits per heavy atom. The standard InChI is InChI=1S/C27H30N2O3S/c1-28(2)22-11-7-20(8-12-22)25(31-5)16-19-15-24(33-27(30)17-19)18-26(32-6)21-9-13-23(14-10-21)29(3)4/h7-18H,1-6H3/p+1. The van der Waals surface area contributed by atoms with Crippen LogP contribution in [0.4, 0.5) is 5.69 Å². The molecule has 0 saturated carbocycles. The average Bonchev–Trinajstić information content (AvgIpc) is 2.81. The summed E-state index contributed by atoms with van der Waals surface area (Å²) >= 11 is 1.29. The number of aliphatic hydroxyl groups excluding tert-OH is 1. The third kappa shape index (κ3) is 6.33. The molecule has 172 valence electrons. The number of ether oxygens (including phenoxy) is 2. The number of hydrogen-bond donors (Lipinski definition) is 1. The van der Waals surface area contributed by atoms with Gasteiger partial charge in [-0.25, -0.2) is 4.58 Å². The van der Waals surface area contributed by atoms with Crippen molar-refractivity contribution in [3.05, 3.63) is 105 Å². The average molecular weight is 464 g/mol. The number of rotatable bonds is 6. The molecule has 0 saturated heterocycles. The summed E-state index contributed by atoms with van der Waals surface area (Å²) in [6.07, 6.45) is 15.7. The van der Waals surface area contributed by atoms with E-state index in [4.69, 9.17) is 9.47 Å². The zero-order valence-electron chi connectivity index (χ0n) is 20.0. The lowest BCUT2D eigenvalue weighted by molar-refractivity contribution is -0.462. The van der Waals surface area contributed by atoms with Crippen LogP contribution in [0.2, 0.25) is 0 Å². The highest BCUT2D eigenvalue weighted by Gasteiger charge is 2.13. The first kappa shape index (κ1) is 24.3. The zero-order valence-corrected chi connectivity index (χ0v) is 20.8. The van der Waals surface area contributed by atoms with Crippen LogP contribution in [0.15, 0.2) is 99.8 Å². The number of methoxy groups -OCH3 is 2. The molecule has 1 N–H and O–H groups in total. The summed E-state index contributed by atoms with van der Waals surface area (Å²) in [6, 6.07) is 8.15. The van der Waals surface area contributed by atoms with Crippen LogP contribution in [0.25, 0.3) is 5.76 Å². The van der Waals surface area contributed by atoms with Crippen molar-refractivity contribution in [2.24, 2.45) is 0 Å². The van der Waals surface area contributed by atoms with E-state index in [1.807, 2.05) is 82.8 Å². The molecule has 0 aromatic heterocycles. The summed E-state index contributed by atoms with van der Waals surface area (Å²) in [5, 5.41) is 10.6. The van der Waals surface area contributed by atoms with E-state index in [0.29, 0.717) is 0 Å². The highest BCUT2D eigenvalue weighted by Crippen LogP contribution is 2.34. The van der Waals surface area contributed by atoms with Crippen molar-refractivity contribution in [3.63, 3.8) is 0 Å². The predicted octanol–water partition coefficient (Wildman–Crippen LogP) is 5.44. The van der Waals surface area contributed by atoms with Gasteiger partial charge in [0.1, 0.15) is 25.6 Å². The molecule has 0 unspecified atom stereocenters. The Bertz CT molecular complexity index is 1120. The van der Waals surface area contributed by atoms with Gasteiger partial charge in [-0.1, -0.05) is 11.8 Å². The maximum absolute atomic E-state index is 10.4. The van der Waals surface area contributed by atoms with E-state index < -0.39 is 0 Å². The maximum atomic E-state index is 10.4. The quantitative estimate of drug-likeness (QED) is 0.450. The van der Waals surface area contributed by atoms with Crippen molar-refractivity contribution in [1.29, 1.82) is 0 Å². The molecule has 1 aromatic rings. The number of anilines is 1. The minimum absolute atomic E-state index is 0.215. The first-order chi connectivity index (χ1) is 15.8. The van der Waals surface area contributed by atoms with Crippen LogP contribution < -0.4 is 4.90 Å². The molecule has 2 aliphatic rings. The monoisotopic (exact) mass is 463 g/mol. The lowest BCUT2D eigenvalue weighted by Crippen LogP contribution is -2.10. The van der Waals surface area contributed by atoms with Gasteiger partial charge in [-0.2, -0.15) is 0 Å². The molecule has 0 atom stereocenters. The lowest BCUT2D eigenvalue weighted by Gasteiger charge is -2.15. The van der Waals surface area contributed by atoms with E-state index in [-0.39, 0.29) is 5.09 Å². The van der Waals surface area contributed by atoms with Gasteiger partial charge in [0.2, 0.25) is 0 Å². The summed E-state index contributed by atoms with van der Waals surface area (Å²) in [6.45, 7) is 0. The van der Waals surface area contributed by atoms with Gasteiger partial charge in [-0.05, 0) is 66.3 Å². The second kappa shape index (κ2) is 11.0. The smallest absolute Gasteiger partial charge is 0.199 e. The van der Waals surface area contributed by atoms with Crippen LogP contribution in [0.1, 0.15) is 5.56 Å². The predicted molar refractivity (Wildman–Crippen MR) is 140 cm³/mol. The Morgan fingerprint density at radius 3 is 2.18 bits per heavy atom. The second-order valence-electron chi connectivity index (χ2n) is 7.94. The Kier molecular flexibility index (Phi) is 8.06. The first-order valence-electron chi connectivity index (χ1n) is 10.5. The van der Waals surface area contributed by atoms with Gasteiger partial charge in [0.05, 0.1) is 14.2 Å². The fourth-order valence-corrected chi connectivity index (χ4v) is 4.13. The summed E-state index contributed by atoms with van der Waals surface area (Å²) < 4.78 is 13.4. The van der Waals surface area contributed by atoms with Gasteiger partial charge in [-0.3, -0.25) is 0 Å². The van der Waals surface area contributed by atoms with E-state index >= 15 is 0 Å². The molecule has 0 radical (unpaired) electrons. The highest BCUT2D eigenvalue weighted by atomic mass is 32.2. The third-order valence-electron chi connectivity index (χ3n) is 5.17. The van der Waals surface area contributed by atoms with Crippen LogP contribution in [0.5, 0.6) is 0 Å². The Morgan fingerprint density at radius 1 is 0.970 bits per heavy atom. The summed E-state index contributed by atoms with van der Waals surface area (Å²) in [7, 11) is 11.3. The van der Waals surface area contributed by atoms with E-state index in [9.17, 15) is 5.11 Å². The normalized spacial score (nSPS) is 17.0. The van der Waals surface area contributed by atoms with Crippen LogP contribution in [-0.4, -0.2) is 57.8 Å². The highest BCUT2D eigenvalue weighted by molar-refractivity contribution is 8.06. The van der Waals surface area contributed by atoms with Crippen LogP contribution in [-0.2, 0) is 9.47 Å². The number of hydrogen-bond acceptors (Lipinski definition) is 5. The van der Waals surface area contributed by atoms with Crippen LogP contribution >= 0.6 is 11.8 Å². The van der Waals surface area contributed by atoms with Crippen molar-refractivity contribution in [2.75, 3.05) is 47.3 Å². The molecule has 0 amide bonds. The third-order valence-corrected chi connectivity index (χ3v) is 5.97. The summed E-state index contributed by atoms with van der Waals surface area (Å²) in [5.74, 6) is 1.44. The molecule has 6 heteroatoms. The minimum Gasteiger partial charge on any atom is -0.502 e. The topological polar surface area (TPSA) is 44.9 Å². The number of nitrogens with zero attached hydrogens (tertiary/aromatic N) is 2. The minimum atomic E-state index is 0.215. The second-order valence-corrected chi connectivity index (χ2v) is 9.03. The zero-order chi connectivity index (χ0) is 24.0. The van der Waals surface area contributed by atoms with Crippen molar-refractivity contribution in [3.8, 4) is 0 Å². The summed E-state index contributed by atoms with van der Waals surface area (Å²) in [5.41, 5.74) is 5.00. The van der Waals surface area contributed by atoms with Crippen molar-refractivity contribution in [2.45, 2.75) is 0 Å². The van der Waals surface area contributed by atoms with Gasteiger partial charge in [0, 0.05) is 48.0 Å². The molecule has 1 heterocycles. The SMILES string of the molecule is COC(=CC1=CC(=CC(OC)=C2C=CC(=[N+](C)C)C=C2)SC(O)=C1)c1ccc(N(C)C)cc1. The molecule has 0 spiro atoms. The summed E-state index contributed by atoms with van der Waals surface area (Å²) in [4.78, 5) is 2.92. The van der Waals surface area contributed by atoms with Crippen molar-refractivity contribution < 1.29 is 19.2 Å². The first-order valence-corrected chi connectivity index (χ1v) is 11.4. The van der Waals surface area contributed by atoms with Crippen molar-refractivity contribution in [1.82, 2.24) is 0 Å². The van der Waals surface area contributed by atoms with Gasteiger partial charge in [-0.15, -0.1) is 0 Å². The van der Waals surface area contributed by atoms with Gasteiger partial charge in [0.25, 0.3) is 0 Å². The molecular weight excluding hydrogens is 432 g/mol. The maximum Gasteiger partial charge on any atom is 0.199 e. The molecule has 1 aliphatic heterocycles. The Hall–Kier alpha value is -3.38. The van der Waals surface area contributed by atoms with Crippen LogP contribution in [0, 0.1) is 0 Å².